The summed E-state index contributed by atoms with van der Waals surface area (Å²) in [6.07, 6.45) is 2.58. The Kier molecular flexibility index (Phi) is 4.16. The number of likely N-dealkylation sites (N-methyl/N-ethyl adjacent to an activating group) is 1. The lowest BCUT2D eigenvalue weighted by Gasteiger charge is -2.37. The van der Waals surface area contributed by atoms with Gasteiger partial charge in [0.1, 0.15) is 6.04 Å². The predicted molar refractivity (Wildman–Crippen MR) is 103 cm³/mol. The van der Waals surface area contributed by atoms with Gasteiger partial charge in [0.2, 0.25) is 11.8 Å². The Morgan fingerprint density at radius 1 is 1.21 bits per heavy atom. The number of aromatic nitrogens is 4. The molecule has 1 aliphatic heterocycles. The lowest BCUT2D eigenvalue weighted by molar-refractivity contribution is -0.133. The van der Waals surface area contributed by atoms with Crippen molar-refractivity contribution < 1.29 is 9.32 Å². The van der Waals surface area contributed by atoms with Gasteiger partial charge in [-0.1, -0.05) is 23.4 Å². The molecule has 1 atom stereocenters. The summed E-state index contributed by atoms with van der Waals surface area (Å²) in [5.41, 5.74) is 1.87. The van der Waals surface area contributed by atoms with Gasteiger partial charge in [0.25, 0.3) is 0 Å². The number of amides is 1. The van der Waals surface area contributed by atoms with Crippen LogP contribution in [-0.4, -0.2) is 62.3 Å². The average Bonchev–Trinajstić information content (AvgIpc) is 3.36. The van der Waals surface area contributed by atoms with Gasteiger partial charge in [-0.05, 0) is 26.0 Å². The lowest BCUT2D eigenvalue weighted by Crippen LogP contribution is -2.49. The molecule has 2 aliphatic rings. The molecule has 8 nitrogen and oxygen atoms in total. The van der Waals surface area contributed by atoms with Crippen molar-refractivity contribution in [3.63, 3.8) is 0 Å². The van der Waals surface area contributed by atoms with E-state index in [0.717, 1.165) is 41.8 Å². The molecule has 2 aromatic heterocycles. The molecule has 1 aromatic carbocycles. The maximum Gasteiger partial charge on any atom is 0.245 e. The number of carbonyl (C=O) groups excluding carboxylic acids is 1. The van der Waals surface area contributed by atoms with Gasteiger partial charge in [0, 0.05) is 38.0 Å². The third-order valence-corrected chi connectivity index (χ3v) is 5.84. The Bertz CT molecular complexity index is 1020. The van der Waals surface area contributed by atoms with Crippen LogP contribution in [0.2, 0.25) is 0 Å². The Morgan fingerprint density at radius 2 is 2.04 bits per heavy atom. The second-order valence-corrected chi connectivity index (χ2v) is 7.87. The fourth-order valence-corrected chi connectivity index (χ4v) is 3.93. The molecule has 8 heteroatoms. The maximum atomic E-state index is 13.0. The second-order valence-electron chi connectivity index (χ2n) is 7.87. The number of aryl methyl sites for hydroxylation is 1. The smallest absolute Gasteiger partial charge is 0.245 e. The van der Waals surface area contributed by atoms with E-state index in [0.29, 0.717) is 31.3 Å². The standard InChI is InChI=1S/C20H24N6O2/c1-24-9-10-26(12-17(24)20-21-19(23-28-20)13-7-8-13)18(27)11-15-14-5-3-4-6-16(14)25(2)22-15/h3-6,13,17H,7-12H2,1-2H3. The number of carbonyl (C=O) groups is 1. The van der Waals surface area contributed by atoms with Crippen LogP contribution in [0.5, 0.6) is 0 Å². The van der Waals surface area contributed by atoms with Crippen molar-refractivity contribution in [2.45, 2.75) is 31.2 Å². The van der Waals surface area contributed by atoms with Crippen molar-refractivity contribution in [1.29, 1.82) is 0 Å². The highest BCUT2D eigenvalue weighted by Crippen LogP contribution is 2.38. The van der Waals surface area contributed by atoms with Crippen molar-refractivity contribution in [2.24, 2.45) is 7.05 Å². The van der Waals surface area contributed by atoms with Gasteiger partial charge in [0.15, 0.2) is 5.82 Å². The Labute approximate surface area is 163 Å². The van der Waals surface area contributed by atoms with Crippen LogP contribution in [0.15, 0.2) is 28.8 Å². The Balaban J connectivity index is 1.33. The average molecular weight is 380 g/mol. The van der Waals surface area contributed by atoms with E-state index < -0.39 is 0 Å². The summed E-state index contributed by atoms with van der Waals surface area (Å²) in [6, 6.07) is 7.96. The van der Waals surface area contributed by atoms with E-state index in [9.17, 15) is 4.79 Å². The van der Waals surface area contributed by atoms with Gasteiger partial charge in [0.05, 0.1) is 17.6 Å². The van der Waals surface area contributed by atoms with Crippen molar-refractivity contribution in [3.05, 3.63) is 41.7 Å². The third kappa shape index (κ3) is 3.07. The first-order chi connectivity index (χ1) is 13.6. The first-order valence-electron chi connectivity index (χ1n) is 9.82. The number of piperazine rings is 1. The van der Waals surface area contributed by atoms with Crippen LogP contribution in [0.25, 0.3) is 10.9 Å². The highest BCUT2D eigenvalue weighted by Gasteiger charge is 2.35. The molecule has 3 heterocycles. The van der Waals surface area contributed by atoms with Gasteiger partial charge >= 0.3 is 0 Å². The molecule has 146 valence electrons. The summed E-state index contributed by atoms with van der Waals surface area (Å²) in [7, 11) is 3.95. The van der Waals surface area contributed by atoms with Crippen LogP contribution < -0.4 is 0 Å². The Hall–Kier alpha value is -2.74. The Morgan fingerprint density at radius 3 is 2.86 bits per heavy atom. The number of para-hydroxylation sites is 1. The highest BCUT2D eigenvalue weighted by molar-refractivity contribution is 5.87. The molecule has 1 saturated heterocycles. The van der Waals surface area contributed by atoms with E-state index in [4.69, 9.17) is 4.52 Å². The number of benzene rings is 1. The van der Waals surface area contributed by atoms with E-state index in [2.05, 4.69) is 20.1 Å². The van der Waals surface area contributed by atoms with Crippen LogP contribution in [-0.2, 0) is 18.3 Å². The molecule has 5 rings (SSSR count). The molecule has 2 fully saturated rings. The SMILES string of the molecule is CN1CCN(C(=O)Cc2nn(C)c3ccccc23)CC1c1nc(C2CC2)no1. The zero-order valence-corrected chi connectivity index (χ0v) is 16.2. The molecule has 3 aromatic rings. The van der Waals surface area contributed by atoms with E-state index in [1.54, 1.807) is 0 Å². The number of hydrogen-bond acceptors (Lipinski definition) is 6. The minimum atomic E-state index is -0.0572. The fourth-order valence-electron chi connectivity index (χ4n) is 3.93. The molecule has 1 saturated carbocycles. The van der Waals surface area contributed by atoms with Crippen LogP contribution in [0.3, 0.4) is 0 Å². The first-order valence-corrected chi connectivity index (χ1v) is 9.82. The molecular weight excluding hydrogens is 356 g/mol. The molecule has 0 spiro atoms. The number of fused-ring (bicyclic) bond motifs is 1. The minimum Gasteiger partial charge on any atom is -0.339 e. The summed E-state index contributed by atoms with van der Waals surface area (Å²) >= 11 is 0. The summed E-state index contributed by atoms with van der Waals surface area (Å²) in [5.74, 6) is 1.97. The topological polar surface area (TPSA) is 80.3 Å². The predicted octanol–water partition coefficient (Wildman–Crippen LogP) is 1.89. The summed E-state index contributed by atoms with van der Waals surface area (Å²) in [6.45, 7) is 2.03. The monoisotopic (exact) mass is 380 g/mol. The quantitative estimate of drug-likeness (QED) is 0.688. The van der Waals surface area contributed by atoms with Crippen molar-refractivity contribution >= 4 is 16.8 Å². The number of nitrogens with zero attached hydrogens (tertiary/aromatic N) is 6. The molecule has 1 unspecified atom stereocenters. The molecule has 0 bridgehead atoms. The minimum absolute atomic E-state index is 0.0572. The van der Waals surface area contributed by atoms with Crippen LogP contribution in [0, 0.1) is 0 Å². The van der Waals surface area contributed by atoms with Gasteiger partial charge in [-0.2, -0.15) is 10.1 Å². The van der Waals surface area contributed by atoms with Gasteiger partial charge in [-0.15, -0.1) is 0 Å². The molecule has 1 amide bonds. The third-order valence-electron chi connectivity index (χ3n) is 5.84. The lowest BCUT2D eigenvalue weighted by atomic mass is 10.1. The van der Waals surface area contributed by atoms with E-state index in [1.165, 1.54) is 0 Å². The molecule has 0 radical (unpaired) electrons. The maximum absolute atomic E-state index is 13.0. The molecular formula is C20H24N6O2. The summed E-state index contributed by atoms with van der Waals surface area (Å²) < 4.78 is 7.36. The molecule has 28 heavy (non-hydrogen) atoms. The van der Waals surface area contributed by atoms with E-state index in [1.807, 2.05) is 47.9 Å². The largest absolute Gasteiger partial charge is 0.339 e. The number of rotatable bonds is 4. The summed E-state index contributed by atoms with van der Waals surface area (Å²) in [5, 5.41) is 9.73. The van der Waals surface area contributed by atoms with E-state index in [-0.39, 0.29) is 11.9 Å². The van der Waals surface area contributed by atoms with Crippen LogP contribution in [0.4, 0.5) is 0 Å². The first kappa shape index (κ1) is 17.4. The van der Waals surface area contributed by atoms with Crippen molar-refractivity contribution in [1.82, 2.24) is 29.7 Å². The van der Waals surface area contributed by atoms with Crippen LogP contribution in [0.1, 0.15) is 42.2 Å². The van der Waals surface area contributed by atoms with Gasteiger partial charge < -0.3 is 9.42 Å². The van der Waals surface area contributed by atoms with Crippen molar-refractivity contribution in [2.75, 3.05) is 26.7 Å². The number of hydrogen-bond donors (Lipinski definition) is 0. The zero-order chi connectivity index (χ0) is 19.3. The van der Waals surface area contributed by atoms with Crippen molar-refractivity contribution in [3.8, 4) is 0 Å². The van der Waals surface area contributed by atoms with Gasteiger partial charge in [-0.3, -0.25) is 14.4 Å². The van der Waals surface area contributed by atoms with E-state index >= 15 is 0 Å². The molecule has 0 N–H and O–H groups in total. The fraction of sp³-hybridized carbons (Fsp3) is 0.500. The summed E-state index contributed by atoms with van der Waals surface area (Å²) in [4.78, 5) is 21.7. The van der Waals surface area contributed by atoms with Gasteiger partial charge in [-0.25, -0.2) is 0 Å². The normalized spacial score (nSPS) is 20.8. The zero-order valence-electron chi connectivity index (χ0n) is 16.2. The van der Waals surface area contributed by atoms with Crippen LogP contribution >= 0.6 is 0 Å². The molecule has 1 aliphatic carbocycles. The second kappa shape index (κ2) is 6.70. The highest BCUT2D eigenvalue weighted by atomic mass is 16.5.